The predicted octanol–water partition coefficient (Wildman–Crippen LogP) is 17.5. The normalized spacial score (nSPS) is 12.4. The van der Waals surface area contributed by atoms with Crippen LogP contribution in [0.15, 0.2) is 0 Å². The molecule has 60 heavy (non-hydrogen) atoms. The van der Waals surface area contributed by atoms with Crippen LogP contribution in [0.2, 0.25) is 0 Å². The van der Waals surface area contributed by atoms with E-state index in [0.717, 1.165) is 63.7 Å². The van der Waals surface area contributed by atoms with Gasteiger partial charge in [0.25, 0.3) is 0 Å². The molecule has 0 rings (SSSR count). The fraction of sp³-hybridized carbons (Fsp3) is 0.944. The van der Waals surface area contributed by atoms with Gasteiger partial charge in [-0.2, -0.15) is 0 Å². The number of hydrogen-bond acceptors (Lipinski definition) is 6. The molecule has 0 saturated heterocycles. The molecular weight excluding hydrogens is 745 g/mol. The van der Waals surface area contributed by atoms with Gasteiger partial charge in [0.05, 0.1) is 0 Å². The van der Waals surface area contributed by atoms with Crippen molar-refractivity contribution in [2.45, 2.75) is 310 Å². The van der Waals surface area contributed by atoms with Crippen LogP contribution in [-0.4, -0.2) is 37.2 Å². The number of unbranched alkanes of at least 4 members (excludes halogenated alkanes) is 35. The number of carbonyl (C=O) groups excluding carboxylic acids is 3. The maximum absolute atomic E-state index is 12.7. The van der Waals surface area contributed by atoms with Gasteiger partial charge >= 0.3 is 17.9 Å². The average molecular weight is 849 g/mol. The molecular formula is C54H104O6. The van der Waals surface area contributed by atoms with Crippen LogP contribution in [0.3, 0.4) is 0 Å². The van der Waals surface area contributed by atoms with Crippen LogP contribution in [0, 0.1) is 5.92 Å². The Bertz CT molecular complexity index is 905. The van der Waals surface area contributed by atoms with Crippen LogP contribution in [0.1, 0.15) is 304 Å². The first kappa shape index (κ1) is 58.4. The molecule has 0 aromatic carbocycles. The standard InChI is InChI=1S/C54H104O6/c1-5-8-10-12-14-16-18-19-23-26-30-33-37-41-45-52(55)58-48-51(60-54(57)47-43-39-35-29-17-15-13-11-9-6-2)49-59-53(56)46-42-38-34-31-27-24-21-20-22-25-28-32-36-40-44-50(4)7-3/h50-51H,5-49H2,1-4H3/t50?,51-/m1/s1. The fourth-order valence-corrected chi connectivity index (χ4v) is 8.19. The molecule has 0 heterocycles. The van der Waals surface area contributed by atoms with Gasteiger partial charge in [-0.3, -0.25) is 14.4 Å². The maximum atomic E-state index is 12.7. The summed E-state index contributed by atoms with van der Waals surface area (Å²) < 4.78 is 16.8. The van der Waals surface area contributed by atoms with E-state index in [1.165, 1.54) is 199 Å². The Morgan fingerprint density at radius 2 is 0.583 bits per heavy atom. The molecule has 0 aliphatic heterocycles. The predicted molar refractivity (Wildman–Crippen MR) is 257 cm³/mol. The first-order valence-electron chi connectivity index (χ1n) is 26.9. The number of rotatable bonds is 49. The number of ether oxygens (including phenoxy) is 3. The van der Waals surface area contributed by atoms with Gasteiger partial charge in [-0.15, -0.1) is 0 Å². The lowest BCUT2D eigenvalue weighted by atomic mass is 9.99. The highest BCUT2D eigenvalue weighted by Crippen LogP contribution is 2.18. The molecule has 6 heteroatoms. The van der Waals surface area contributed by atoms with Crippen molar-refractivity contribution in [1.29, 1.82) is 0 Å². The Labute approximate surface area is 374 Å². The highest BCUT2D eigenvalue weighted by molar-refractivity contribution is 5.71. The summed E-state index contributed by atoms with van der Waals surface area (Å²) in [5.41, 5.74) is 0. The number of carbonyl (C=O) groups is 3. The lowest BCUT2D eigenvalue weighted by Gasteiger charge is -2.18. The van der Waals surface area contributed by atoms with E-state index in [1.54, 1.807) is 0 Å². The summed E-state index contributed by atoms with van der Waals surface area (Å²) >= 11 is 0. The summed E-state index contributed by atoms with van der Waals surface area (Å²) in [6.45, 7) is 9.07. The van der Waals surface area contributed by atoms with Gasteiger partial charge in [0.2, 0.25) is 0 Å². The fourth-order valence-electron chi connectivity index (χ4n) is 8.19. The van der Waals surface area contributed by atoms with E-state index >= 15 is 0 Å². The smallest absolute Gasteiger partial charge is 0.306 e. The van der Waals surface area contributed by atoms with E-state index < -0.39 is 6.10 Å². The molecule has 0 aliphatic rings. The molecule has 0 fully saturated rings. The Morgan fingerprint density at radius 3 is 0.867 bits per heavy atom. The summed E-state index contributed by atoms with van der Waals surface area (Å²) in [5, 5.41) is 0. The van der Waals surface area contributed by atoms with Crippen molar-refractivity contribution < 1.29 is 28.6 Å². The molecule has 356 valence electrons. The van der Waals surface area contributed by atoms with E-state index in [2.05, 4.69) is 27.7 Å². The molecule has 0 amide bonds. The molecule has 0 radical (unpaired) electrons. The van der Waals surface area contributed by atoms with E-state index in [4.69, 9.17) is 14.2 Å². The molecule has 0 bridgehead atoms. The van der Waals surface area contributed by atoms with E-state index in [9.17, 15) is 14.4 Å². The Balaban J connectivity index is 4.24. The van der Waals surface area contributed by atoms with Gasteiger partial charge in [0.15, 0.2) is 6.10 Å². The van der Waals surface area contributed by atoms with Crippen LogP contribution in [0.25, 0.3) is 0 Å². The number of esters is 3. The van der Waals surface area contributed by atoms with E-state index in [-0.39, 0.29) is 31.1 Å². The average Bonchev–Trinajstić information content (AvgIpc) is 3.25. The highest BCUT2D eigenvalue weighted by atomic mass is 16.6. The maximum Gasteiger partial charge on any atom is 0.306 e. The summed E-state index contributed by atoms with van der Waals surface area (Å²) in [4.78, 5) is 37.9. The molecule has 0 aliphatic carbocycles. The molecule has 0 aromatic heterocycles. The zero-order valence-corrected chi connectivity index (χ0v) is 40.9. The molecule has 2 atom stereocenters. The minimum absolute atomic E-state index is 0.0625. The van der Waals surface area contributed by atoms with E-state index in [1.807, 2.05) is 0 Å². The van der Waals surface area contributed by atoms with Crippen LogP contribution in [-0.2, 0) is 28.6 Å². The van der Waals surface area contributed by atoms with Gasteiger partial charge in [-0.1, -0.05) is 265 Å². The van der Waals surface area contributed by atoms with Crippen molar-refractivity contribution >= 4 is 17.9 Å². The van der Waals surface area contributed by atoms with Crippen molar-refractivity contribution in [2.24, 2.45) is 5.92 Å². The second-order valence-electron chi connectivity index (χ2n) is 18.8. The zero-order valence-electron chi connectivity index (χ0n) is 40.9. The summed E-state index contributed by atoms with van der Waals surface area (Å²) in [7, 11) is 0. The third kappa shape index (κ3) is 45.9. The minimum atomic E-state index is -0.760. The van der Waals surface area contributed by atoms with Gasteiger partial charge in [0, 0.05) is 19.3 Å². The first-order chi connectivity index (χ1) is 29.4. The Kier molecular flexibility index (Phi) is 47.2. The summed E-state index contributed by atoms with van der Waals surface area (Å²) in [6, 6.07) is 0. The van der Waals surface area contributed by atoms with Crippen LogP contribution >= 0.6 is 0 Å². The third-order valence-corrected chi connectivity index (χ3v) is 12.7. The van der Waals surface area contributed by atoms with Gasteiger partial charge in [-0.05, 0) is 25.2 Å². The molecule has 1 unspecified atom stereocenters. The van der Waals surface area contributed by atoms with Crippen molar-refractivity contribution in [3.8, 4) is 0 Å². The molecule has 0 spiro atoms. The van der Waals surface area contributed by atoms with Gasteiger partial charge in [0.1, 0.15) is 13.2 Å². The monoisotopic (exact) mass is 849 g/mol. The minimum Gasteiger partial charge on any atom is -0.462 e. The second-order valence-corrected chi connectivity index (χ2v) is 18.8. The zero-order chi connectivity index (χ0) is 43.8. The van der Waals surface area contributed by atoms with Crippen molar-refractivity contribution in [1.82, 2.24) is 0 Å². The van der Waals surface area contributed by atoms with Crippen LogP contribution in [0.5, 0.6) is 0 Å². The van der Waals surface area contributed by atoms with Crippen molar-refractivity contribution in [3.63, 3.8) is 0 Å². The Morgan fingerprint density at radius 1 is 0.333 bits per heavy atom. The van der Waals surface area contributed by atoms with Gasteiger partial charge < -0.3 is 14.2 Å². The van der Waals surface area contributed by atoms with Crippen molar-refractivity contribution in [2.75, 3.05) is 13.2 Å². The molecule has 0 aromatic rings. The second kappa shape index (κ2) is 48.4. The first-order valence-corrected chi connectivity index (χ1v) is 26.9. The summed E-state index contributed by atoms with van der Waals surface area (Å²) in [6.07, 6.45) is 50.8. The molecule has 6 nitrogen and oxygen atoms in total. The Hall–Kier alpha value is -1.59. The SMILES string of the molecule is CCCCCCCCCCCCCCCCC(=O)OC[C@H](COC(=O)CCCCCCCCCCCCCCCCC(C)CC)OC(=O)CCCCCCCCCCCC. The topological polar surface area (TPSA) is 78.9 Å². The largest absolute Gasteiger partial charge is 0.462 e. The third-order valence-electron chi connectivity index (χ3n) is 12.7. The summed E-state index contributed by atoms with van der Waals surface area (Å²) in [5.74, 6) is 0.0531. The molecule has 0 N–H and O–H groups in total. The lowest BCUT2D eigenvalue weighted by Crippen LogP contribution is -2.30. The number of hydrogen-bond donors (Lipinski definition) is 0. The van der Waals surface area contributed by atoms with Gasteiger partial charge in [-0.25, -0.2) is 0 Å². The van der Waals surface area contributed by atoms with E-state index in [0.29, 0.717) is 19.3 Å². The highest BCUT2D eigenvalue weighted by Gasteiger charge is 2.19. The van der Waals surface area contributed by atoms with Crippen LogP contribution < -0.4 is 0 Å². The van der Waals surface area contributed by atoms with Crippen molar-refractivity contribution in [3.05, 3.63) is 0 Å². The molecule has 0 saturated carbocycles. The quantitative estimate of drug-likeness (QED) is 0.0345. The van der Waals surface area contributed by atoms with Crippen LogP contribution in [0.4, 0.5) is 0 Å². The lowest BCUT2D eigenvalue weighted by molar-refractivity contribution is -0.167.